The Morgan fingerprint density at radius 2 is 2.24 bits per heavy atom. The molecule has 0 saturated heterocycles. The molecule has 1 aromatic carbocycles. The number of aliphatic hydroxyl groups is 1. The van der Waals surface area contributed by atoms with Gasteiger partial charge < -0.3 is 10.4 Å². The number of aliphatic hydroxyl groups excluding tert-OH is 1. The minimum atomic E-state index is -0.231. The van der Waals surface area contributed by atoms with Crippen molar-refractivity contribution in [3.8, 4) is 6.07 Å². The molecule has 2 N–H and O–H groups in total. The topological polar surface area (TPSA) is 56.0 Å². The van der Waals surface area contributed by atoms with Crippen LogP contribution in [0.15, 0.2) is 18.2 Å². The predicted molar refractivity (Wildman–Crippen MR) is 70.2 cm³/mol. The molecule has 0 heterocycles. The lowest BCUT2D eigenvalue weighted by Crippen LogP contribution is -2.35. The van der Waals surface area contributed by atoms with E-state index in [0.29, 0.717) is 17.0 Å². The van der Waals surface area contributed by atoms with Gasteiger partial charge in [0.25, 0.3) is 0 Å². The fourth-order valence-electron chi connectivity index (χ4n) is 1.64. The second kappa shape index (κ2) is 5.90. The average molecular weight is 253 g/mol. The Balaban J connectivity index is 3.02. The number of benzene rings is 1. The van der Waals surface area contributed by atoms with E-state index in [-0.39, 0.29) is 12.1 Å². The maximum absolute atomic E-state index is 9.07. The summed E-state index contributed by atoms with van der Waals surface area (Å²) in [6.07, 6.45) is 1.48. The molecule has 0 amide bonds. The van der Waals surface area contributed by atoms with E-state index < -0.39 is 0 Å². The van der Waals surface area contributed by atoms with Crippen LogP contribution in [0.5, 0.6) is 0 Å². The summed E-state index contributed by atoms with van der Waals surface area (Å²) < 4.78 is 0. The summed E-state index contributed by atoms with van der Waals surface area (Å²) in [5.41, 5.74) is 0.940. The van der Waals surface area contributed by atoms with Crippen molar-refractivity contribution in [2.45, 2.75) is 32.2 Å². The van der Waals surface area contributed by atoms with E-state index in [9.17, 15) is 0 Å². The molecule has 17 heavy (non-hydrogen) atoms. The van der Waals surface area contributed by atoms with Gasteiger partial charge in [0, 0.05) is 12.1 Å². The van der Waals surface area contributed by atoms with Gasteiger partial charge in [-0.1, -0.05) is 24.6 Å². The minimum absolute atomic E-state index is 0.111. The van der Waals surface area contributed by atoms with Gasteiger partial charge in [-0.2, -0.15) is 5.26 Å². The van der Waals surface area contributed by atoms with Crippen LogP contribution in [-0.2, 0) is 0 Å². The first-order valence-corrected chi connectivity index (χ1v) is 6.02. The first-order valence-electron chi connectivity index (χ1n) is 5.64. The first-order chi connectivity index (χ1) is 8.06. The lowest BCUT2D eigenvalue weighted by Gasteiger charge is -2.30. The van der Waals surface area contributed by atoms with E-state index >= 15 is 0 Å². The van der Waals surface area contributed by atoms with Gasteiger partial charge in [0.15, 0.2) is 0 Å². The van der Waals surface area contributed by atoms with Crippen molar-refractivity contribution in [2.75, 3.05) is 11.9 Å². The highest BCUT2D eigenvalue weighted by Gasteiger charge is 2.22. The van der Waals surface area contributed by atoms with Crippen molar-refractivity contribution in [3.05, 3.63) is 28.8 Å². The highest BCUT2D eigenvalue weighted by atomic mass is 35.5. The fraction of sp³-hybridized carbons (Fsp3) is 0.462. The summed E-state index contributed by atoms with van der Waals surface area (Å²) in [6, 6.07) is 7.43. The molecule has 0 saturated carbocycles. The van der Waals surface area contributed by atoms with Crippen molar-refractivity contribution in [3.63, 3.8) is 0 Å². The highest BCUT2D eigenvalue weighted by Crippen LogP contribution is 2.28. The Bertz CT molecular complexity index is 428. The van der Waals surface area contributed by atoms with Crippen LogP contribution in [0.3, 0.4) is 0 Å². The highest BCUT2D eigenvalue weighted by molar-refractivity contribution is 6.32. The molecule has 0 aromatic heterocycles. The zero-order valence-corrected chi connectivity index (χ0v) is 10.9. The number of halogens is 1. The van der Waals surface area contributed by atoms with Crippen molar-refractivity contribution in [1.29, 1.82) is 5.26 Å². The number of hydrogen-bond donors (Lipinski definition) is 2. The van der Waals surface area contributed by atoms with E-state index in [0.717, 1.165) is 12.1 Å². The van der Waals surface area contributed by atoms with Crippen molar-refractivity contribution >= 4 is 17.3 Å². The normalized spacial score (nSPS) is 13.8. The van der Waals surface area contributed by atoms with Gasteiger partial charge in [-0.3, -0.25) is 0 Å². The van der Waals surface area contributed by atoms with Gasteiger partial charge in [-0.05, 0) is 31.9 Å². The SMILES string of the molecule is CCC(C)(CCO)Nc1cccc(Cl)c1C#N. The zero-order valence-electron chi connectivity index (χ0n) is 10.1. The molecule has 0 radical (unpaired) electrons. The predicted octanol–water partition coefficient (Wildman–Crippen LogP) is 3.17. The second-order valence-corrected chi connectivity index (χ2v) is 4.69. The van der Waals surface area contributed by atoms with E-state index in [4.69, 9.17) is 22.0 Å². The van der Waals surface area contributed by atoms with Gasteiger partial charge in [-0.15, -0.1) is 0 Å². The van der Waals surface area contributed by atoms with Gasteiger partial charge in [0.1, 0.15) is 6.07 Å². The third-order valence-corrected chi connectivity index (χ3v) is 3.32. The number of nitrogens with one attached hydrogen (secondary N) is 1. The van der Waals surface area contributed by atoms with Crippen LogP contribution in [0.4, 0.5) is 5.69 Å². The van der Waals surface area contributed by atoms with Crippen molar-refractivity contribution in [1.82, 2.24) is 0 Å². The van der Waals surface area contributed by atoms with E-state index in [1.807, 2.05) is 19.9 Å². The van der Waals surface area contributed by atoms with Crippen LogP contribution in [0.25, 0.3) is 0 Å². The molecule has 0 spiro atoms. The monoisotopic (exact) mass is 252 g/mol. The number of hydrogen-bond acceptors (Lipinski definition) is 3. The van der Waals surface area contributed by atoms with Crippen LogP contribution in [0, 0.1) is 11.3 Å². The van der Waals surface area contributed by atoms with E-state index in [2.05, 4.69) is 11.4 Å². The Morgan fingerprint density at radius 3 is 2.76 bits per heavy atom. The Labute approximate surface area is 107 Å². The summed E-state index contributed by atoms with van der Waals surface area (Å²) in [5, 5.41) is 21.9. The minimum Gasteiger partial charge on any atom is -0.396 e. The Kier molecular flexibility index (Phi) is 4.80. The largest absolute Gasteiger partial charge is 0.396 e. The zero-order chi connectivity index (χ0) is 12.9. The molecule has 4 heteroatoms. The molecule has 1 rings (SSSR count). The van der Waals surface area contributed by atoms with Gasteiger partial charge in [0.05, 0.1) is 16.3 Å². The third kappa shape index (κ3) is 3.36. The van der Waals surface area contributed by atoms with E-state index in [1.165, 1.54) is 0 Å². The summed E-state index contributed by atoms with van der Waals surface area (Å²) in [7, 11) is 0. The Hall–Kier alpha value is -1.24. The molecule has 0 aliphatic heterocycles. The van der Waals surface area contributed by atoms with E-state index in [1.54, 1.807) is 12.1 Å². The molecule has 1 atom stereocenters. The quantitative estimate of drug-likeness (QED) is 0.846. The molecule has 1 aromatic rings. The average Bonchev–Trinajstić information content (AvgIpc) is 2.30. The molecule has 1 unspecified atom stereocenters. The van der Waals surface area contributed by atoms with Gasteiger partial charge >= 0.3 is 0 Å². The van der Waals surface area contributed by atoms with Crippen molar-refractivity contribution < 1.29 is 5.11 Å². The molecule has 0 fully saturated rings. The summed E-state index contributed by atoms with van der Waals surface area (Å²) >= 11 is 5.97. The molecular formula is C13H17ClN2O. The van der Waals surface area contributed by atoms with Gasteiger partial charge in [0.2, 0.25) is 0 Å². The van der Waals surface area contributed by atoms with Crippen molar-refractivity contribution in [2.24, 2.45) is 0 Å². The van der Waals surface area contributed by atoms with Crippen LogP contribution in [0.1, 0.15) is 32.3 Å². The first kappa shape index (κ1) is 13.8. The third-order valence-electron chi connectivity index (χ3n) is 3.01. The number of rotatable bonds is 5. The molecule has 0 bridgehead atoms. The molecule has 92 valence electrons. The summed E-state index contributed by atoms with van der Waals surface area (Å²) in [6.45, 7) is 4.17. The Morgan fingerprint density at radius 1 is 1.53 bits per heavy atom. The maximum atomic E-state index is 9.07. The van der Waals surface area contributed by atoms with Gasteiger partial charge in [-0.25, -0.2) is 0 Å². The fourth-order valence-corrected chi connectivity index (χ4v) is 1.86. The van der Waals surface area contributed by atoms with Crippen LogP contribution < -0.4 is 5.32 Å². The molecule has 3 nitrogen and oxygen atoms in total. The summed E-state index contributed by atoms with van der Waals surface area (Å²) in [4.78, 5) is 0. The molecule has 0 aliphatic rings. The standard InChI is InChI=1S/C13H17ClN2O/c1-3-13(2,7-8-17)16-12-6-4-5-11(14)10(12)9-15/h4-6,16-17H,3,7-8H2,1-2H3. The lowest BCUT2D eigenvalue weighted by atomic mass is 9.94. The smallest absolute Gasteiger partial charge is 0.103 e. The second-order valence-electron chi connectivity index (χ2n) is 4.29. The van der Waals surface area contributed by atoms with Crippen LogP contribution >= 0.6 is 11.6 Å². The number of nitrogens with zero attached hydrogens (tertiary/aromatic N) is 1. The van der Waals surface area contributed by atoms with Crippen LogP contribution in [0.2, 0.25) is 5.02 Å². The lowest BCUT2D eigenvalue weighted by molar-refractivity contribution is 0.252. The maximum Gasteiger partial charge on any atom is 0.103 e. The number of nitriles is 1. The number of anilines is 1. The molecule has 0 aliphatic carbocycles. The summed E-state index contributed by atoms with van der Waals surface area (Å²) in [5.74, 6) is 0. The van der Waals surface area contributed by atoms with Crippen LogP contribution in [-0.4, -0.2) is 17.3 Å². The molecular weight excluding hydrogens is 236 g/mol.